The van der Waals surface area contributed by atoms with Gasteiger partial charge in [-0.2, -0.15) is 0 Å². The molecule has 2 aromatic rings. The van der Waals surface area contributed by atoms with Crippen molar-refractivity contribution in [3.63, 3.8) is 0 Å². The molecular weight excluding hydrogens is 408 g/mol. The first-order valence-electron chi connectivity index (χ1n) is 11.4. The van der Waals surface area contributed by atoms with Gasteiger partial charge in [0.25, 0.3) is 0 Å². The summed E-state index contributed by atoms with van der Waals surface area (Å²) in [5.41, 5.74) is 3.10. The van der Waals surface area contributed by atoms with Gasteiger partial charge in [-0.25, -0.2) is 0 Å². The van der Waals surface area contributed by atoms with Crippen molar-refractivity contribution in [1.82, 2.24) is 4.90 Å². The van der Waals surface area contributed by atoms with Crippen molar-refractivity contribution in [2.75, 3.05) is 20.8 Å². The van der Waals surface area contributed by atoms with Gasteiger partial charge in [0.05, 0.1) is 19.1 Å². The molecule has 0 saturated carbocycles. The number of unbranched alkanes of at least 4 members (excludes halogenated alkanes) is 4. The Morgan fingerprint density at radius 3 is 2.50 bits per heavy atom. The SMILES string of the molecule is CCCCCCCC1c2cc(OC)c(OC)cc2CCN1Cc1ccc(O)c([N+](=O)[O-])c1. The summed E-state index contributed by atoms with van der Waals surface area (Å²) in [5, 5.41) is 21.1. The van der Waals surface area contributed by atoms with Crippen molar-refractivity contribution in [3.05, 3.63) is 57.1 Å². The number of methoxy groups -OCH3 is 2. The number of benzene rings is 2. The Hall–Kier alpha value is -2.80. The lowest BCUT2D eigenvalue weighted by atomic mass is 9.88. The normalized spacial score (nSPS) is 15.9. The van der Waals surface area contributed by atoms with Crippen molar-refractivity contribution in [3.8, 4) is 17.2 Å². The molecule has 1 aliphatic heterocycles. The highest BCUT2D eigenvalue weighted by molar-refractivity contribution is 5.50. The molecule has 3 rings (SSSR count). The molecule has 1 heterocycles. The second kappa shape index (κ2) is 11.2. The van der Waals surface area contributed by atoms with Crippen molar-refractivity contribution in [1.29, 1.82) is 0 Å². The van der Waals surface area contributed by atoms with E-state index < -0.39 is 4.92 Å². The zero-order chi connectivity index (χ0) is 23.1. The molecule has 0 fully saturated rings. The number of phenols is 1. The van der Waals surface area contributed by atoms with E-state index in [1.807, 2.05) is 0 Å². The average molecular weight is 443 g/mol. The molecule has 174 valence electrons. The highest BCUT2D eigenvalue weighted by Gasteiger charge is 2.29. The Labute approximate surface area is 190 Å². The fourth-order valence-corrected chi connectivity index (χ4v) is 4.60. The van der Waals surface area contributed by atoms with Crippen LogP contribution in [0.4, 0.5) is 5.69 Å². The van der Waals surface area contributed by atoms with Gasteiger partial charge in [-0.05, 0) is 47.7 Å². The molecule has 32 heavy (non-hydrogen) atoms. The van der Waals surface area contributed by atoms with Crippen molar-refractivity contribution < 1.29 is 19.5 Å². The summed E-state index contributed by atoms with van der Waals surface area (Å²) in [7, 11) is 3.31. The van der Waals surface area contributed by atoms with Crippen LogP contribution in [0.3, 0.4) is 0 Å². The molecule has 0 radical (unpaired) electrons. The van der Waals surface area contributed by atoms with E-state index in [1.54, 1.807) is 20.3 Å². The lowest BCUT2D eigenvalue weighted by Crippen LogP contribution is -2.35. The molecular formula is C25H34N2O5. The molecule has 0 spiro atoms. The van der Waals surface area contributed by atoms with Crippen molar-refractivity contribution in [2.24, 2.45) is 0 Å². The quantitative estimate of drug-likeness (QED) is 0.270. The molecule has 0 aliphatic carbocycles. The first-order valence-corrected chi connectivity index (χ1v) is 11.4. The van der Waals surface area contributed by atoms with Gasteiger partial charge < -0.3 is 14.6 Å². The molecule has 0 saturated heterocycles. The van der Waals surface area contributed by atoms with Crippen molar-refractivity contribution >= 4 is 5.69 Å². The predicted molar refractivity (Wildman–Crippen MR) is 125 cm³/mol. The Balaban J connectivity index is 1.87. The summed E-state index contributed by atoms with van der Waals surface area (Å²) in [6, 6.07) is 9.05. The number of hydrogen-bond acceptors (Lipinski definition) is 6. The number of nitro benzene ring substituents is 1. The van der Waals surface area contributed by atoms with Gasteiger partial charge in [-0.1, -0.05) is 45.1 Å². The van der Waals surface area contributed by atoms with Gasteiger partial charge in [0.15, 0.2) is 17.2 Å². The van der Waals surface area contributed by atoms with Crippen LogP contribution in [0.1, 0.15) is 68.2 Å². The van der Waals surface area contributed by atoms with Gasteiger partial charge in [-0.3, -0.25) is 15.0 Å². The van der Waals surface area contributed by atoms with Gasteiger partial charge in [-0.15, -0.1) is 0 Å². The average Bonchev–Trinajstić information content (AvgIpc) is 2.79. The summed E-state index contributed by atoms with van der Waals surface area (Å²) in [5.74, 6) is 1.17. The zero-order valence-corrected chi connectivity index (χ0v) is 19.3. The lowest BCUT2D eigenvalue weighted by Gasteiger charge is -2.38. The molecule has 0 aromatic heterocycles. The number of ether oxygens (including phenoxy) is 2. The fraction of sp³-hybridized carbons (Fsp3) is 0.520. The van der Waals surface area contributed by atoms with Crippen LogP contribution in [0, 0.1) is 10.1 Å². The third-order valence-electron chi connectivity index (χ3n) is 6.32. The zero-order valence-electron chi connectivity index (χ0n) is 19.3. The van der Waals surface area contributed by atoms with E-state index in [9.17, 15) is 15.2 Å². The maximum absolute atomic E-state index is 11.3. The summed E-state index contributed by atoms with van der Waals surface area (Å²) in [6.07, 6.45) is 7.94. The standard InChI is InChI=1S/C25H34N2O5/c1-4-5-6-7-8-9-21-20-16-25(32-3)24(31-2)15-19(20)12-13-26(21)17-18-10-11-23(28)22(14-18)27(29)30/h10-11,14-16,21,28H,4-9,12-13,17H2,1-3H3. The van der Waals surface area contributed by atoms with Crippen LogP contribution < -0.4 is 9.47 Å². The third-order valence-corrected chi connectivity index (χ3v) is 6.32. The highest BCUT2D eigenvalue weighted by atomic mass is 16.6. The predicted octanol–water partition coefficient (Wildman–Crippen LogP) is 5.78. The Morgan fingerprint density at radius 2 is 1.81 bits per heavy atom. The largest absolute Gasteiger partial charge is 0.502 e. The lowest BCUT2D eigenvalue weighted by molar-refractivity contribution is -0.385. The smallest absolute Gasteiger partial charge is 0.311 e. The van der Waals surface area contributed by atoms with Crippen LogP contribution in [0.5, 0.6) is 17.2 Å². The molecule has 1 unspecified atom stereocenters. The first-order chi connectivity index (χ1) is 15.5. The molecule has 1 atom stereocenters. The van der Waals surface area contributed by atoms with E-state index in [-0.39, 0.29) is 17.5 Å². The van der Waals surface area contributed by atoms with Crippen LogP contribution >= 0.6 is 0 Å². The Kier molecular flexibility index (Phi) is 8.33. The van der Waals surface area contributed by atoms with Crippen LogP contribution in [-0.2, 0) is 13.0 Å². The summed E-state index contributed by atoms with van der Waals surface area (Å²) in [4.78, 5) is 13.1. The van der Waals surface area contributed by atoms with Crippen LogP contribution in [0.25, 0.3) is 0 Å². The van der Waals surface area contributed by atoms with E-state index in [0.29, 0.717) is 6.54 Å². The summed E-state index contributed by atoms with van der Waals surface area (Å²) < 4.78 is 11.1. The number of aromatic hydroxyl groups is 1. The molecule has 0 amide bonds. The minimum atomic E-state index is -0.535. The molecule has 1 N–H and O–H groups in total. The monoisotopic (exact) mass is 442 g/mol. The highest BCUT2D eigenvalue weighted by Crippen LogP contribution is 2.41. The number of phenolic OH excluding ortho intramolecular Hbond substituents is 1. The molecule has 2 aromatic carbocycles. The fourth-order valence-electron chi connectivity index (χ4n) is 4.60. The van der Waals surface area contributed by atoms with Gasteiger partial charge in [0, 0.05) is 25.2 Å². The number of nitro groups is 1. The topological polar surface area (TPSA) is 85.1 Å². The minimum absolute atomic E-state index is 0.202. The van der Waals surface area contributed by atoms with E-state index in [4.69, 9.17) is 9.47 Å². The Bertz CT molecular complexity index is 931. The van der Waals surface area contributed by atoms with Crippen LogP contribution in [0.2, 0.25) is 0 Å². The Morgan fingerprint density at radius 1 is 1.09 bits per heavy atom. The molecule has 1 aliphatic rings. The number of fused-ring (bicyclic) bond motifs is 1. The van der Waals surface area contributed by atoms with Crippen molar-refractivity contribution in [2.45, 2.75) is 64.5 Å². The maximum atomic E-state index is 11.3. The van der Waals surface area contributed by atoms with E-state index in [0.717, 1.165) is 42.9 Å². The van der Waals surface area contributed by atoms with Crippen LogP contribution in [-0.4, -0.2) is 35.7 Å². The molecule has 0 bridgehead atoms. The van der Waals surface area contributed by atoms with Crippen LogP contribution in [0.15, 0.2) is 30.3 Å². The summed E-state index contributed by atoms with van der Waals surface area (Å²) >= 11 is 0. The summed E-state index contributed by atoms with van der Waals surface area (Å²) in [6.45, 7) is 3.67. The number of nitrogens with zero attached hydrogens (tertiary/aromatic N) is 2. The minimum Gasteiger partial charge on any atom is -0.502 e. The van der Waals surface area contributed by atoms with Gasteiger partial charge >= 0.3 is 5.69 Å². The second-order valence-electron chi connectivity index (χ2n) is 8.43. The number of hydrogen-bond donors (Lipinski definition) is 1. The third kappa shape index (κ3) is 5.51. The van der Waals surface area contributed by atoms with E-state index in [1.165, 1.54) is 48.9 Å². The van der Waals surface area contributed by atoms with E-state index in [2.05, 4.69) is 24.0 Å². The first kappa shape index (κ1) is 23.9. The van der Waals surface area contributed by atoms with Gasteiger partial charge in [0.2, 0.25) is 0 Å². The number of rotatable bonds is 11. The molecule has 7 heteroatoms. The van der Waals surface area contributed by atoms with E-state index >= 15 is 0 Å². The second-order valence-corrected chi connectivity index (χ2v) is 8.43. The maximum Gasteiger partial charge on any atom is 0.311 e. The molecule has 7 nitrogen and oxygen atoms in total. The van der Waals surface area contributed by atoms with Gasteiger partial charge in [0.1, 0.15) is 0 Å².